The van der Waals surface area contributed by atoms with Crippen LogP contribution in [0.3, 0.4) is 0 Å². The standard InChI is InChI=1S/C10H17FN2O/c11-9-1-3-13(4-2-9)10(14)5-8-6-12-7-8/h8-9,12H,1-7H2. The molecule has 0 unspecified atom stereocenters. The van der Waals surface area contributed by atoms with Gasteiger partial charge in [0.25, 0.3) is 0 Å². The first-order valence-corrected chi connectivity index (χ1v) is 5.38. The van der Waals surface area contributed by atoms with Gasteiger partial charge in [0.15, 0.2) is 0 Å². The summed E-state index contributed by atoms with van der Waals surface area (Å²) < 4.78 is 12.8. The van der Waals surface area contributed by atoms with E-state index >= 15 is 0 Å². The lowest BCUT2D eigenvalue weighted by Gasteiger charge is -2.32. The summed E-state index contributed by atoms with van der Waals surface area (Å²) >= 11 is 0. The van der Waals surface area contributed by atoms with E-state index in [0.29, 0.717) is 38.3 Å². The van der Waals surface area contributed by atoms with Gasteiger partial charge in [-0.05, 0) is 31.8 Å². The second-order valence-electron chi connectivity index (χ2n) is 4.28. The zero-order chi connectivity index (χ0) is 9.97. The van der Waals surface area contributed by atoms with E-state index in [1.165, 1.54) is 0 Å². The number of hydrogen-bond acceptors (Lipinski definition) is 2. The Morgan fingerprint density at radius 3 is 2.50 bits per heavy atom. The lowest BCUT2D eigenvalue weighted by atomic mass is 9.98. The summed E-state index contributed by atoms with van der Waals surface area (Å²) in [6, 6.07) is 0. The summed E-state index contributed by atoms with van der Waals surface area (Å²) in [5, 5.41) is 3.15. The SMILES string of the molecule is O=C(CC1CNC1)N1CCC(F)CC1. The molecule has 2 heterocycles. The van der Waals surface area contributed by atoms with E-state index < -0.39 is 6.17 Å². The van der Waals surface area contributed by atoms with Gasteiger partial charge in [0, 0.05) is 19.5 Å². The summed E-state index contributed by atoms with van der Waals surface area (Å²) in [5.74, 6) is 0.731. The smallest absolute Gasteiger partial charge is 0.222 e. The lowest BCUT2D eigenvalue weighted by Crippen LogP contribution is -2.46. The Hall–Kier alpha value is -0.640. The predicted octanol–water partition coefficient (Wildman–Crippen LogP) is 0.556. The molecule has 80 valence electrons. The van der Waals surface area contributed by atoms with Crippen molar-refractivity contribution in [1.29, 1.82) is 0 Å². The molecule has 3 nitrogen and oxygen atoms in total. The van der Waals surface area contributed by atoms with Gasteiger partial charge in [-0.1, -0.05) is 0 Å². The first-order valence-electron chi connectivity index (χ1n) is 5.38. The molecule has 2 saturated heterocycles. The molecule has 0 bridgehead atoms. The Morgan fingerprint density at radius 2 is 2.00 bits per heavy atom. The Kier molecular flexibility index (Phi) is 3.01. The van der Waals surface area contributed by atoms with Crippen LogP contribution in [0.15, 0.2) is 0 Å². The highest BCUT2D eigenvalue weighted by molar-refractivity contribution is 5.76. The second kappa shape index (κ2) is 4.26. The van der Waals surface area contributed by atoms with E-state index in [-0.39, 0.29) is 5.91 Å². The molecule has 0 saturated carbocycles. The topological polar surface area (TPSA) is 32.3 Å². The van der Waals surface area contributed by atoms with Crippen LogP contribution in [-0.2, 0) is 4.79 Å². The number of carbonyl (C=O) groups excluding carboxylic acids is 1. The van der Waals surface area contributed by atoms with Gasteiger partial charge in [-0.2, -0.15) is 0 Å². The Bertz CT molecular complexity index is 210. The molecular weight excluding hydrogens is 183 g/mol. The molecule has 0 radical (unpaired) electrons. The van der Waals surface area contributed by atoms with E-state index in [4.69, 9.17) is 0 Å². The molecule has 0 aromatic carbocycles. The molecule has 4 heteroatoms. The molecular formula is C10H17FN2O. The van der Waals surface area contributed by atoms with E-state index in [9.17, 15) is 9.18 Å². The quantitative estimate of drug-likeness (QED) is 0.706. The molecule has 2 fully saturated rings. The van der Waals surface area contributed by atoms with E-state index in [2.05, 4.69) is 5.32 Å². The van der Waals surface area contributed by atoms with Gasteiger partial charge in [-0.25, -0.2) is 4.39 Å². The van der Waals surface area contributed by atoms with Crippen molar-refractivity contribution >= 4 is 5.91 Å². The molecule has 0 aromatic heterocycles. The maximum Gasteiger partial charge on any atom is 0.222 e. The van der Waals surface area contributed by atoms with Crippen molar-refractivity contribution in [3.05, 3.63) is 0 Å². The number of rotatable bonds is 2. The summed E-state index contributed by atoms with van der Waals surface area (Å²) in [6.45, 7) is 3.15. The fourth-order valence-corrected chi connectivity index (χ4v) is 1.97. The third-order valence-electron chi connectivity index (χ3n) is 3.11. The molecule has 2 aliphatic rings. The lowest BCUT2D eigenvalue weighted by molar-refractivity contribution is -0.134. The minimum Gasteiger partial charge on any atom is -0.342 e. The van der Waals surface area contributed by atoms with Crippen molar-refractivity contribution < 1.29 is 9.18 Å². The maximum absolute atomic E-state index is 12.8. The molecule has 0 aromatic rings. The van der Waals surface area contributed by atoms with E-state index in [1.807, 2.05) is 4.90 Å². The average Bonchev–Trinajstić information content (AvgIpc) is 2.12. The fourth-order valence-electron chi connectivity index (χ4n) is 1.97. The van der Waals surface area contributed by atoms with Crippen molar-refractivity contribution in [3.63, 3.8) is 0 Å². The highest BCUT2D eigenvalue weighted by Crippen LogP contribution is 2.16. The van der Waals surface area contributed by atoms with Gasteiger partial charge in [0.2, 0.25) is 5.91 Å². The highest BCUT2D eigenvalue weighted by Gasteiger charge is 2.26. The van der Waals surface area contributed by atoms with E-state index in [0.717, 1.165) is 13.1 Å². The fraction of sp³-hybridized carbons (Fsp3) is 0.900. The third kappa shape index (κ3) is 2.23. The molecule has 0 atom stereocenters. The monoisotopic (exact) mass is 200 g/mol. The van der Waals surface area contributed by atoms with Gasteiger partial charge in [-0.3, -0.25) is 4.79 Å². The summed E-state index contributed by atoms with van der Waals surface area (Å²) in [6.07, 6.45) is 0.997. The van der Waals surface area contributed by atoms with Gasteiger partial charge in [-0.15, -0.1) is 0 Å². The van der Waals surface area contributed by atoms with Crippen molar-refractivity contribution in [3.8, 4) is 0 Å². The van der Waals surface area contributed by atoms with E-state index in [1.54, 1.807) is 0 Å². The van der Waals surface area contributed by atoms with Crippen molar-refractivity contribution in [1.82, 2.24) is 10.2 Å². The Balaban J connectivity index is 1.74. The average molecular weight is 200 g/mol. The highest BCUT2D eigenvalue weighted by atomic mass is 19.1. The van der Waals surface area contributed by atoms with Gasteiger partial charge < -0.3 is 10.2 Å². The number of halogens is 1. The normalized spacial score (nSPS) is 24.8. The number of alkyl halides is 1. The van der Waals surface area contributed by atoms with Crippen LogP contribution in [0.1, 0.15) is 19.3 Å². The van der Waals surface area contributed by atoms with Crippen LogP contribution in [0.5, 0.6) is 0 Å². The van der Waals surface area contributed by atoms with Gasteiger partial charge in [0.05, 0.1) is 0 Å². The largest absolute Gasteiger partial charge is 0.342 e. The van der Waals surface area contributed by atoms with Crippen LogP contribution < -0.4 is 5.32 Å². The van der Waals surface area contributed by atoms with Crippen molar-refractivity contribution in [2.45, 2.75) is 25.4 Å². The Morgan fingerprint density at radius 1 is 1.36 bits per heavy atom. The van der Waals surface area contributed by atoms with Crippen molar-refractivity contribution in [2.75, 3.05) is 26.2 Å². The van der Waals surface area contributed by atoms with Crippen LogP contribution in [0.2, 0.25) is 0 Å². The first kappa shape index (κ1) is 9.90. The minimum atomic E-state index is -0.690. The van der Waals surface area contributed by atoms with Gasteiger partial charge >= 0.3 is 0 Å². The molecule has 1 N–H and O–H groups in total. The number of hydrogen-bond donors (Lipinski definition) is 1. The van der Waals surface area contributed by atoms with Crippen LogP contribution in [0.25, 0.3) is 0 Å². The summed E-state index contributed by atoms with van der Waals surface area (Å²) in [7, 11) is 0. The van der Waals surface area contributed by atoms with Crippen LogP contribution in [-0.4, -0.2) is 43.2 Å². The first-order chi connectivity index (χ1) is 6.75. The number of carbonyl (C=O) groups is 1. The number of amides is 1. The van der Waals surface area contributed by atoms with Crippen LogP contribution in [0, 0.1) is 5.92 Å². The Labute approximate surface area is 83.6 Å². The number of nitrogens with zero attached hydrogens (tertiary/aromatic N) is 1. The maximum atomic E-state index is 12.8. The molecule has 2 rings (SSSR count). The molecule has 14 heavy (non-hydrogen) atoms. The van der Waals surface area contributed by atoms with Crippen LogP contribution >= 0.6 is 0 Å². The number of likely N-dealkylation sites (tertiary alicyclic amines) is 1. The summed E-state index contributed by atoms with van der Waals surface area (Å²) in [5.41, 5.74) is 0. The summed E-state index contributed by atoms with van der Waals surface area (Å²) in [4.78, 5) is 13.5. The van der Waals surface area contributed by atoms with Gasteiger partial charge in [0.1, 0.15) is 6.17 Å². The molecule has 0 aliphatic carbocycles. The van der Waals surface area contributed by atoms with Crippen LogP contribution in [0.4, 0.5) is 4.39 Å². The third-order valence-corrected chi connectivity index (χ3v) is 3.11. The molecule has 0 spiro atoms. The second-order valence-corrected chi connectivity index (χ2v) is 4.28. The molecule has 2 aliphatic heterocycles. The number of nitrogens with one attached hydrogen (secondary N) is 1. The predicted molar refractivity (Wildman–Crippen MR) is 51.7 cm³/mol. The van der Waals surface area contributed by atoms with Crippen molar-refractivity contribution in [2.24, 2.45) is 5.92 Å². The molecule has 1 amide bonds. The minimum absolute atomic E-state index is 0.211. The number of piperidine rings is 1. The zero-order valence-corrected chi connectivity index (χ0v) is 8.34. The zero-order valence-electron chi connectivity index (χ0n) is 8.34.